The van der Waals surface area contributed by atoms with Gasteiger partial charge in [0.25, 0.3) is 0 Å². The van der Waals surface area contributed by atoms with Gasteiger partial charge in [-0.2, -0.15) is 11.8 Å². The van der Waals surface area contributed by atoms with Gasteiger partial charge in [0.15, 0.2) is 0 Å². The molecular weight excluding hydrogens is 264 g/mol. The summed E-state index contributed by atoms with van der Waals surface area (Å²) in [6, 6.07) is -0.500. The van der Waals surface area contributed by atoms with E-state index < -0.39 is 6.04 Å². The number of amides is 1. The van der Waals surface area contributed by atoms with Gasteiger partial charge in [0.2, 0.25) is 5.91 Å². The molecule has 5 nitrogen and oxygen atoms in total. The van der Waals surface area contributed by atoms with E-state index in [0.29, 0.717) is 13.0 Å². The quantitative estimate of drug-likeness (QED) is 0.739. The first kappa shape index (κ1) is 16.3. The molecule has 0 aliphatic carbocycles. The van der Waals surface area contributed by atoms with E-state index in [2.05, 4.69) is 0 Å². The summed E-state index contributed by atoms with van der Waals surface area (Å²) in [4.78, 5) is 25.5. The normalized spacial score (nSPS) is 21.0. The molecule has 0 radical (unpaired) electrons. The number of hydrogen-bond donors (Lipinski definition) is 1. The molecule has 0 spiro atoms. The first-order chi connectivity index (χ1) is 9.10. The Bertz CT molecular complexity index is 312. The van der Waals surface area contributed by atoms with Gasteiger partial charge in [-0.3, -0.25) is 9.59 Å². The molecule has 1 aliphatic rings. The van der Waals surface area contributed by atoms with Crippen molar-refractivity contribution >= 4 is 23.6 Å². The molecule has 0 aromatic heterocycles. The van der Waals surface area contributed by atoms with E-state index in [-0.39, 0.29) is 24.3 Å². The highest BCUT2D eigenvalue weighted by molar-refractivity contribution is 7.98. The van der Waals surface area contributed by atoms with Crippen LogP contribution in [0.4, 0.5) is 0 Å². The number of nitrogens with zero attached hydrogens (tertiary/aromatic N) is 1. The van der Waals surface area contributed by atoms with Gasteiger partial charge < -0.3 is 15.4 Å². The van der Waals surface area contributed by atoms with E-state index in [1.54, 1.807) is 16.7 Å². The van der Waals surface area contributed by atoms with Crippen LogP contribution in [0.5, 0.6) is 0 Å². The number of ether oxygens (including phenoxy) is 1. The molecule has 110 valence electrons. The van der Waals surface area contributed by atoms with Crippen molar-refractivity contribution in [3.05, 3.63) is 0 Å². The molecule has 2 atom stereocenters. The molecule has 1 amide bonds. The molecule has 1 unspecified atom stereocenters. The second-order valence-corrected chi connectivity index (χ2v) is 5.84. The summed E-state index contributed by atoms with van der Waals surface area (Å²) in [7, 11) is 1.38. The van der Waals surface area contributed by atoms with Crippen LogP contribution in [0.2, 0.25) is 0 Å². The second kappa shape index (κ2) is 8.43. The van der Waals surface area contributed by atoms with Crippen LogP contribution in [0.1, 0.15) is 32.1 Å². The van der Waals surface area contributed by atoms with Crippen LogP contribution >= 0.6 is 11.8 Å². The number of likely N-dealkylation sites (tertiary alicyclic amines) is 1. The number of thioether (sulfide) groups is 1. The molecular formula is C13H24N2O3S. The Balaban J connectivity index is 2.59. The fourth-order valence-electron chi connectivity index (χ4n) is 2.36. The number of esters is 1. The topological polar surface area (TPSA) is 72.6 Å². The summed E-state index contributed by atoms with van der Waals surface area (Å²) in [5.74, 6) is 0.590. The average molecular weight is 288 g/mol. The molecule has 1 fully saturated rings. The maximum absolute atomic E-state index is 12.3. The lowest BCUT2D eigenvalue weighted by molar-refractivity contribution is -0.145. The Kier molecular flexibility index (Phi) is 7.23. The van der Waals surface area contributed by atoms with Crippen molar-refractivity contribution < 1.29 is 14.3 Å². The largest absolute Gasteiger partial charge is 0.469 e. The maximum atomic E-state index is 12.3. The third kappa shape index (κ3) is 5.03. The number of carbonyl (C=O) groups excluding carboxylic acids is 2. The number of rotatable bonds is 6. The van der Waals surface area contributed by atoms with E-state index in [0.717, 1.165) is 25.0 Å². The van der Waals surface area contributed by atoms with E-state index in [9.17, 15) is 9.59 Å². The van der Waals surface area contributed by atoms with Crippen LogP contribution in [0.3, 0.4) is 0 Å². The average Bonchev–Trinajstić information content (AvgIpc) is 2.44. The number of methoxy groups -OCH3 is 1. The van der Waals surface area contributed by atoms with Crippen molar-refractivity contribution in [2.24, 2.45) is 5.73 Å². The molecule has 19 heavy (non-hydrogen) atoms. The fourth-order valence-corrected chi connectivity index (χ4v) is 2.85. The lowest BCUT2D eigenvalue weighted by Gasteiger charge is -2.36. The summed E-state index contributed by atoms with van der Waals surface area (Å²) >= 11 is 1.68. The minimum atomic E-state index is -0.453. The molecule has 0 aromatic rings. The molecule has 0 bridgehead atoms. The van der Waals surface area contributed by atoms with Crippen LogP contribution in [-0.4, -0.2) is 54.5 Å². The zero-order valence-electron chi connectivity index (χ0n) is 11.8. The molecule has 1 saturated heterocycles. The minimum absolute atomic E-state index is 0.0253. The van der Waals surface area contributed by atoms with E-state index in [1.165, 1.54) is 7.11 Å². The molecule has 1 rings (SSSR count). The molecule has 0 aromatic carbocycles. The van der Waals surface area contributed by atoms with Gasteiger partial charge in [-0.05, 0) is 37.7 Å². The van der Waals surface area contributed by atoms with Crippen molar-refractivity contribution in [3.8, 4) is 0 Å². The summed E-state index contributed by atoms with van der Waals surface area (Å²) in [5, 5.41) is 0. The van der Waals surface area contributed by atoms with Gasteiger partial charge in [0.1, 0.15) is 0 Å². The van der Waals surface area contributed by atoms with Gasteiger partial charge >= 0.3 is 5.97 Å². The maximum Gasteiger partial charge on any atom is 0.307 e. The van der Waals surface area contributed by atoms with Crippen LogP contribution in [0, 0.1) is 0 Å². The van der Waals surface area contributed by atoms with Crippen LogP contribution in [0.15, 0.2) is 0 Å². The predicted molar refractivity (Wildman–Crippen MR) is 77.0 cm³/mol. The Morgan fingerprint density at radius 2 is 2.21 bits per heavy atom. The smallest absolute Gasteiger partial charge is 0.307 e. The van der Waals surface area contributed by atoms with Gasteiger partial charge in [-0.15, -0.1) is 0 Å². The molecule has 0 saturated carbocycles. The SMILES string of the molecule is COC(=O)CC1CCCCN1C(=O)[C@@H](N)CCSC. The van der Waals surface area contributed by atoms with Crippen molar-refractivity contribution in [2.75, 3.05) is 25.7 Å². The van der Waals surface area contributed by atoms with Gasteiger partial charge in [-0.1, -0.05) is 0 Å². The highest BCUT2D eigenvalue weighted by atomic mass is 32.2. The highest BCUT2D eigenvalue weighted by Crippen LogP contribution is 2.21. The van der Waals surface area contributed by atoms with Crippen molar-refractivity contribution in [2.45, 2.75) is 44.2 Å². The van der Waals surface area contributed by atoms with Crippen molar-refractivity contribution in [1.29, 1.82) is 0 Å². The van der Waals surface area contributed by atoms with Crippen LogP contribution < -0.4 is 5.73 Å². The predicted octanol–water partition coefficient (Wildman–Crippen LogP) is 1.01. The molecule has 1 heterocycles. The molecule has 1 aliphatic heterocycles. The zero-order chi connectivity index (χ0) is 14.3. The third-order valence-corrected chi connectivity index (χ3v) is 4.13. The standard InChI is InChI=1S/C13H24N2O3S/c1-18-12(16)9-10-5-3-4-7-15(10)13(17)11(14)6-8-19-2/h10-11H,3-9,14H2,1-2H3/t10?,11-/m0/s1. The van der Waals surface area contributed by atoms with E-state index in [4.69, 9.17) is 10.5 Å². The van der Waals surface area contributed by atoms with Crippen molar-refractivity contribution in [3.63, 3.8) is 0 Å². The highest BCUT2D eigenvalue weighted by Gasteiger charge is 2.31. The van der Waals surface area contributed by atoms with Crippen molar-refractivity contribution in [1.82, 2.24) is 4.90 Å². The van der Waals surface area contributed by atoms with Gasteiger partial charge in [0, 0.05) is 12.6 Å². The lowest BCUT2D eigenvalue weighted by Crippen LogP contribution is -2.51. The second-order valence-electron chi connectivity index (χ2n) is 4.85. The first-order valence-corrected chi connectivity index (χ1v) is 8.11. The Labute approximate surface area is 119 Å². The van der Waals surface area contributed by atoms with Crippen LogP contribution in [0.25, 0.3) is 0 Å². The molecule has 6 heteroatoms. The number of hydrogen-bond acceptors (Lipinski definition) is 5. The lowest BCUT2D eigenvalue weighted by atomic mass is 9.98. The first-order valence-electron chi connectivity index (χ1n) is 6.72. The number of nitrogens with two attached hydrogens (primary N) is 1. The summed E-state index contributed by atoms with van der Waals surface area (Å²) < 4.78 is 4.69. The summed E-state index contributed by atoms with van der Waals surface area (Å²) in [6.07, 6.45) is 5.84. The van der Waals surface area contributed by atoms with Gasteiger partial charge in [0.05, 0.1) is 19.6 Å². The Morgan fingerprint density at radius 3 is 2.84 bits per heavy atom. The Morgan fingerprint density at radius 1 is 1.47 bits per heavy atom. The summed E-state index contributed by atoms with van der Waals surface area (Å²) in [5.41, 5.74) is 5.94. The molecule has 2 N–H and O–H groups in total. The van der Waals surface area contributed by atoms with Crippen LogP contribution in [-0.2, 0) is 14.3 Å². The minimum Gasteiger partial charge on any atom is -0.469 e. The Hall–Kier alpha value is -0.750. The number of piperidine rings is 1. The number of carbonyl (C=O) groups is 2. The van der Waals surface area contributed by atoms with E-state index in [1.807, 2.05) is 6.26 Å². The zero-order valence-corrected chi connectivity index (χ0v) is 12.6. The monoisotopic (exact) mass is 288 g/mol. The third-order valence-electron chi connectivity index (χ3n) is 3.49. The fraction of sp³-hybridized carbons (Fsp3) is 0.846. The van der Waals surface area contributed by atoms with E-state index >= 15 is 0 Å². The van der Waals surface area contributed by atoms with Gasteiger partial charge in [-0.25, -0.2) is 0 Å². The summed E-state index contributed by atoms with van der Waals surface area (Å²) in [6.45, 7) is 0.702.